The van der Waals surface area contributed by atoms with E-state index in [1.54, 1.807) is 0 Å². The van der Waals surface area contributed by atoms with Gasteiger partial charge in [0.15, 0.2) is 0 Å². The Morgan fingerprint density at radius 3 is 2.13 bits per heavy atom. The third kappa shape index (κ3) is 6.07. The van der Waals surface area contributed by atoms with E-state index < -0.39 is 0 Å². The molecule has 4 atom stereocenters. The first-order valence-electron chi connectivity index (χ1n) is 14.1. The molecule has 0 amide bonds. The van der Waals surface area contributed by atoms with E-state index in [-0.39, 0.29) is 49.1 Å². The molecule has 4 aromatic rings. The van der Waals surface area contributed by atoms with Gasteiger partial charge in [-0.3, -0.25) is 4.98 Å². The molecular formula is C34H41IrN2O2-. The number of nitrogens with zero attached hydrogens (tertiary/aromatic N) is 2. The minimum atomic E-state index is -0.357. The Bertz CT molecular complexity index is 1350. The summed E-state index contributed by atoms with van der Waals surface area (Å²) in [6.45, 7) is 8.57. The summed E-state index contributed by atoms with van der Waals surface area (Å²) in [6.07, 6.45) is 4.99. The zero-order chi connectivity index (χ0) is 26.9. The van der Waals surface area contributed by atoms with Crippen molar-refractivity contribution in [3.05, 3.63) is 84.9 Å². The second-order valence-electron chi connectivity index (χ2n) is 12.5. The topological polar surface area (TPSA) is 58.3 Å². The van der Waals surface area contributed by atoms with Crippen molar-refractivity contribution in [3.8, 4) is 17.1 Å². The van der Waals surface area contributed by atoms with Gasteiger partial charge < -0.3 is 14.8 Å². The van der Waals surface area contributed by atoms with Gasteiger partial charge in [-0.05, 0) is 66.7 Å². The second-order valence-corrected chi connectivity index (χ2v) is 12.5. The number of hydrogen-bond donors (Lipinski definition) is 2. The Balaban J connectivity index is 0.000000181. The molecule has 2 aliphatic carbocycles. The van der Waals surface area contributed by atoms with Crippen LogP contribution in [0.4, 0.5) is 0 Å². The standard InChI is InChI=1S/C19H13N2.C15H28O2.Ir/c1-3-9-15(10-4-1)19-20-17-13-7-8-14-18(17)21(19)16-11-5-2-6-12-16;1-14(2)8-5-6-10-7-9-15(3,4)13(17)11(10)12(14)16;/h1-9,11-14H;10-13,16-17H,5-9H2,1-4H3;/q-1;;. The fraction of sp³-hybridized carbons (Fsp3) is 0.441. The maximum atomic E-state index is 10.7. The van der Waals surface area contributed by atoms with E-state index in [2.05, 4.69) is 56.5 Å². The van der Waals surface area contributed by atoms with Gasteiger partial charge in [-0.1, -0.05) is 64.4 Å². The fourth-order valence-electron chi connectivity index (χ4n) is 6.51. The van der Waals surface area contributed by atoms with Crippen molar-refractivity contribution in [1.82, 2.24) is 9.55 Å². The van der Waals surface area contributed by atoms with E-state index in [4.69, 9.17) is 4.98 Å². The Labute approximate surface area is 246 Å². The molecule has 1 aromatic heterocycles. The van der Waals surface area contributed by atoms with Crippen LogP contribution in [0.15, 0.2) is 78.9 Å². The summed E-state index contributed by atoms with van der Waals surface area (Å²) >= 11 is 0. The Hall–Kier alpha value is -2.30. The fourth-order valence-corrected chi connectivity index (χ4v) is 6.51. The van der Waals surface area contributed by atoms with Crippen molar-refractivity contribution in [2.24, 2.45) is 22.7 Å². The Morgan fingerprint density at radius 1 is 0.795 bits per heavy atom. The third-order valence-corrected chi connectivity index (χ3v) is 8.96. The number of fused-ring (bicyclic) bond motifs is 2. The average molecular weight is 702 g/mol. The van der Waals surface area contributed by atoms with Gasteiger partial charge in [0.05, 0.1) is 29.1 Å². The predicted molar refractivity (Wildman–Crippen MR) is 155 cm³/mol. The van der Waals surface area contributed by atoms with E-state index in [1.165, 1.54) is 19.3 Å². The monoisotopic (exact) mass is 702 g/mol. The van der Waals surface area contributed by atoms with Gasteiger partial charge >= 0.3 is 0 Å². The van der Waals surface area contributed by atoms with Crippen LogP contribution in [0, 0.1) is 28.7 Å². The molecule has 39 heavy (non-hydrogen) atoms. The summed E-state index contributed by atoms with van der Waals surface area (Å²) in [6, 6.07) is 29.7. The Morgan fingerprint density at radius 2 is 1.44 bits per heavy atom. The van der Waals surface area contributed by atoms with Gasteiger partial charge in [0, 0.05) is 31.7 Å². The number of aliphatic hydroxyl groups is 2. The van der Waals surface area contributed by atoms with Gasteiger partial charge in [-0.25, -0.2) is 0 Å². The van der Waals surface area contributed by atoms with Crippen LogP contribution in [0.1, 0.15) is 59.8 Å². The number of aliphatic hydroxyl groups excluding tert-OH is 2. The molecule has 2 N–H and O–H groups in total. The second kappa shape index (κ2) is 12.1. The van der Waals surface area contributed by atoms with E-state index in [0.717, 1.165) is 41.0 Å². The number of benzene rings is 3. The number of aromatic nitrogens is 2. The van der Waals surface area contributed by atoms with Gasteiger partial charge in [-0.15, -0.1) is 35.9 Å². The summed E-state index contributed by atoms with van der Waals surface area (Å²) in [4.78, 5) is 4.79. The molecule has 4 unspecified atom stereocenters. The molecule has 0 saturated heterocycles. The summed E-state index contributed by atoms with van der Waals surface area (Å²) in [5, 5.41) is 21.3. The molecule has 2 aliphatic rings. The largest absolute Gasteiger partial charge is 0.392 e. The van der Waals surface area contributed by atoms with Crippen molar-refractivity contribution >= 4 is 11.0 Å². The summed E-state index contributed by atoms with van der Waals surface area (Å²) in [7, 11) is 0. The minimum Gasteiger partial charge on any atom is -0.392 e. The molecule has 2 fully saturated rings. The van der Waals surface area contributed by atoms with Crippen molar-refractivity contribution in [1.29, 1.82) is 0 Å². The molecule has 1 heterocycles. The van der Waals surface area contributed by atoms with Crippen molar-refractivity contribution in [2.75, 3.05) is 0 Å². The van der Waals surface area contributed by atoms with Crippen LogP contribution in [-0.2, 0) is 20.1 Å². The van der Waals surface area contributed by atoms with Crippen LogP contribution >= 0.6 is 0 Å². The zero-order valence-electron chi connectivity index (χ0n) is 23.5. The Kier molecular flexibility index (Phi) is 9.18. The smallest absolute Gasteiger partial charge is 0.0774 e. The minimum absolute atomic E-state index is 0. The first-order chi connectivity index (χ1) is 18.2. The van der Waals surface area contributed by atoms with Crippen LogP contribution in [0.2, 0.25) is 0 Å². The van der Waals surface area contributed by atoms with Crippen molar-refractivity contribution in [2.45, 2.75) is 72.0 Å². The summed E-state index contributed by atoms with van der Waals surface area (Å²) < 4.78 is 2.18. The van der Waals surface area contributed by atoms with Crippen LogP contribution < -0.4 is 0 Å². The van der Waals surface area contributed by atoms with Gasteiger partial charge in [0.2, 0.25) is 0 Å². The molecule has 3 aromatic carbocycles. The molecule has 209 valence electrons. The van der Waals surface area contributed by atoms with E-state index in [1.807, 2.05) is 60.7 Å². The van der Waals surface area contributed by atoms with Gasteiger partial charge in [0.25, 0.3) is 0 Å². The van der Waals surface area contributed by atoms with Crippen molar-refractivity contribution < 1.29 is 30.3 Å². The summed E-state index contributed by atoms with van der Waals surface area (Å²) in [5.74, 6) is 1.52. The predicted octanol–water partition coefficient (Wildman–Crippen LogP) is 7.46. The molecule has 5 heteroatoms. The molecule has 2 saturated carbocycles. The normalized spacial score (nSPS) is 25.4. The van der Waals surface area contributed by atoms with Gasteiger partial charge in [0.1, 0.15) is 0 Å². The third-order valence-electron chi connectivity index (χ3n) is 8.96. The molecular weight excluding hydrogens is 661 g/mol. The number of para-hydroxylation sites is 3. The average Bonchev–Trinajstić information content (AvgIpc) is 3.26. The maximum Gasteiger partial charge on any atom is 0.0774 e. The van der Waals surface area contributed by atoms with Crippen molar-refractivity contribution in [3.63, 3.8) is 0 Å². The van der Waals surface area contributed by atoms with E-state index in [0.29, 0.717) is 5.92 Å². The maximum absolute atomic E-state index is 10.7. The SMILES string of the molecule is CC1(C)CCCC2CCC(C)(C)C(O)C2C1O.[Ir].[c-]1ccccc1-c1nc2ccccc2n1-c1ccccc1. The zero-order valence-corrected chi connectivity index (χ0v) is 25.9. The van der Waals surface area contributed by atoms with E-state index >= 15 is 0 Å². The van der Waals surface area contributed by atoms with E-state index in [9.17, 15) is 10.2 Å². The molecule has 0 bridgehead atoms. The van der Waals surface area contributed by atoms with Crippen LogP contribution in [0.5, 0.6) is 0 Å². The van der Waals surface area contributed by atoms with Gasteiger partial charge in [-0.2, -0.15) is 0 Å². The number of imidazole rings is 1. The van der Waals surface area contributed by atoms with Crippen LogP contribution in [0.3, 0.4) is 0 Å². The number of hydrogen-bond acceptors (Lipinski definition) is 3. The summed E-state index contributed by atoms with van der Waals surface area (Å²) in [5.41, 5.74) is 4.12. The molecule has 0 aliphatic heterocycles. The first-order valence-corrected chi connectivity index (χ1v) is 14.1. The molecule has 6 rings (SSSR count). The van der Waals surface area contributed by atoms with Crippen LogP contribution in [-0.4, -0.2) is 32.0 Å². The number of rotatable bonds is 2. The van der Waals surface area contributed by atoms with Crippen LogP contribution in [0.25, 0.3) is 28.1 Å². The molecule has 1 radical (unpaired) electrons. The molecule has 4 nitrogen and oxygen atoms in total. The quantitative estimate of drug-likeness (QED) is 0.214. The first kappa shape index (κ1) is 29.7. The molecule has 0 spiro atoms.